The fourth-order valence-corrected chi connectivity index (χ4v) is 2.88. The van der Waals surface area contributed by atoms with Gasteiger partial charge in [-0.3, -0.25) is 10.2 Å². The number of nitrogens with one attached hydrogen (secondary N) is 2. The predicted molar refractivity (Wildman–Crippen MR) is 73.5 cm³/mol. The molecule has 1 amide bonds. The van der Waals surface area contributed by atoms with E-state index in [1.165, 1.54) is 27.8 Å². The Labute approximate surface area is 109 Å². The molecule has 0 spiro atoms. The molecule has 98 valence electrons. The molecule has 1 aromatic carbocycles. The van der Waals surface area contributed by atoms with Crippen molar-refractivity contribution in [3.63, 3.8) is 0 Å². The normalized spacial score (nSPS) is 16.5. The van der Waals surface area contributed by atoms with E-state index in [-0.39, 0.29) is 11.3 Å². The van der Waals surface area contributed by atoms with Crippen LogP contribution in [0, 0.1) is 27.7 Å². The van der Waals surface area contributed by atoms with Gasteiger partial charge in [0.25, 0.3) is 0 Å². The lowest BCUT2D eigenvalue weighted by atomic mass is 9.83. The first-order valence-corrected chi connectivity index (χ1v) is 6.49. The first kappa shape index (κ1) is 13.1. The summed E-state index contributed by atoms with van der Waals surface area (Å²) < 4.78 is 0. The molecule has 0 bridgehead atoms. The molecule has 1 fully saturated rings. The van der Waals surface area contributed by atoms with Gasteiger partial charge in [0.1, 0.15) is 0 Å². The van der Waals surface area contributed by atoms with E-state index >= 15 is 0 Å². The zero-order chi connectivity index (χ0) is 13.5. The average Bonchev–Trinajstić information content (AvgIpc) is 3.09. The third-order valence-electron chi connectivity index (χ3n) is 4.27. The van der Waals surface area contributed by atoms with E-state index in [1.807, 2.05) is 0 Å². The Morgan fingerprint density at radius 3 is 2.00 bits per heavy atom. The van der Waals surface area contributed by atoms with Crippen LogP contribution >= 0.6 is 0 Å². The standard InChI is InChI=1S/C15H22N2O/c1-9-8-10(2)12(4)13(11(9)3)15(6-7-15)14(18)17-16-5/h8,16H,6-7H2,1-5H3,(H,17,18). The highest BCUT2D eigenvalue weighted by Gasteiger charge is 2.53. The molecule has 0 radical (unpaired) electrons. The van der Waals surface area contributed by atoms with Crippen LogP contribution in [0.1, 0.15) is 40.7 Å². The largest absolute Gasteiger partial charge is 0.291 e. The van der Waals surface area contributed by atoms with Crippen LogP contribution in [0.2, 0.25) is 0 Å². The molecule has 0 aliphatic heterocycles. The van der Waals surface area contributed by atoms with Crippen molar-refractivity contribution in [2.45, 2.75) is 46.0 Å². The van der Waals surface area contributed by atoms with Gasteiger partial charge in [-0.1, -0.05) is 6.07 Å². The Hall–Kier alpha value is -1.35. The minimum atomic E-state index is -0.298. The number of benzene rings is 1. The van der Waals surface area contributed by atoms with Crippen molar-refractivity contribution in [1.29, 1.82) is 0 Å². The smallest absolute Gasteiger partial charge is 0.244 e. The Balaban J connectivity index is 2.55. The van der Waals surface area contributed by atoms with Gasteiger partial charge in [0, 0.05) is 7.05 Å². The molecular weight excluding hydrogens is 224 g/mol. The fraction of sp³-hybridized carbons (Fsp3) is 0.533. The van der Waals surface area contributed by atoms with Crippen LogP contribution in [0.3, 0.4) is 0 Å². The van der Waals surface area contributed by atoms with Crippen molar-refractivity contribution in [2.24, 2.45) is 0 Å². The minimum absolute atomic E-state index is 0.0983. The number of rotatable bonds is 3. The van der Waals surface area contributed by atoms with Crippen LogP contribution < -0.4 is 10.9 Å². The summed E-state index contributed by atoms with van der Waals surface area (Å²) in [5, 5.41) is 0. The summed E-state index contributed by atoms with van der Waals surface area (Å²) in [5.74, 6) is 0.0983. The van der Waals surface area contributed by atoms with Crippen LogP contribution in [0.15, 0.2) is 6.07 Å². The average molecular weight is 246 g/mol. The van der Waals surface area contributed by atoms with E-state index < -0.39 is 0 Å². The second-order valence-electron chi connectivity index (χ2n) is 5.42. The maximum absolute atomic E-state index is 12.3. The quantitative estimate of drug-likeness (QED) is 0.803. The van der Waals surface area contributed by atoms with E-state index in [9.17, 15) is 4.79 Å². The van der Waals surface area contributed by atoms with E-state index in [0.717, 1.165) is 12.8 Å². The Morgan fingerprint density at radius 2 is 1.61 bits per heavy atom. The van der Waals surface area contributed by atoms with Crippen molar-refractivity contribution in [1.82, 2.24) is 10.9 Å². The van der Waals surface area contributed by atoms with Crippen LogP contribution in [-0.2, 0) is 10.2 Å². The molecule has 1 aromatic rings. The molecule has 0 aromatic heterocycles. The summed E-state index contributed by atoms with van der Waals surface area (Å²) in [6.45, 7) is 8.50. The van der Waals surface area contributed by atoms with Gasteiger partial charge < -0.3 is 0 Å². The Bertz CT molecular complexity index is 475. The first-order valence-electron chi connectivity index (χ1n) is 6.49. The summed E-state index contributed by atoms with van der Waals surface area (Å²) >= 11 is 0. The molecule has 0 heterocycles. The molecule has 2 rings (SSSR count). The molecule has 18 heavy (non-hydrogen) atoms. The van der Waals surface area contributed by atoms with Crippen LogP contribution in [0.4, 0.5) is 0 Å². The van der Waals surface area contributed by atoms with Crippen molar-refractivity contribution in [2.75, 3.05) is 7.05 Å². The van der Waals surface area contributed by atoms with Crippen molar-refractivity contribution < 1.29 is 4.79 Å². The summed E-state index contributed by atoms with van der Waals surface area (Å²) in [6.07, 6.45) is 1.90. The van der Waals surface area contributed by atoms with Gasteiger partial charge in [-0.2, -0.15) is 0 Å². The van der Waals surface area contributed by atoms with E-state index in [4.69, 9.17) is 0 Å². The number of amides is 1. The number of carbonyl (C=O) groups is 1. The van der Waals surface area contributed by atoms with Crippen LogP contribution in [0.5, 0.6) is 0 Å². The molecule has 1 saturated carbocycles. The monoisotopic (exact) mass is 246 g/mol. The maximum Gasteiger partial charge on any atom is 0.244 e. The van der Waals surface area contributed by atoms with Gasteiger partial charge in [-0.15, -0.1) is 0 Å². The highest BCUT2D eigenvalue weighted by molar-refractivity contribution is 5.92. The highest BCUT2D eigenvalue weighted by atomic mass is 16.2. The molecule has 3 heteroatoms. The molecule has 0 atom stereocenters. The molecule has 3 nitrogen and oxygen atoms in total. The minimum Gasteiger partial charge on any atom is -0.291 e. The number of hydrogen-bond donors (Lipinski definition) is 2. The third-order valence-corrected chi connectivity index (χ3v) is 4.27. The second kappa shape index (κ2) is 4.39. The molecular formula is C15H22N2O. The van der Waals surface area contributed by atoms with Gasteiger partial charge in [0.05, 0.1) is 5.41 Å². The molecule has 1 aliphatic carbocycles. The van der Waals surface area contributed by atoms with Gasteiger partial charge in [-0.05, 0) is 68.4 Å². The number of hydrazine groups is 1. The first-order chi connectivity index (χ1) is 8.44. The lowest BCUT2D eigenvalue weighted by Crippen LogP contribution is -2.42. The summed E-state index contributed by atoms with van der Waals surface area (Å²) in [7, 11) is 1.73. The predicted octanol–water partition coefficient (Wildman–Crippen LogP) is 2.20. The second-order valence-corrected chi connectivity index (χ2v) is 5.42. The molecule has 0 saturated heterocycles. The van der Waals surface area contributed by atoms with Crippen LogP contribution in [-0.4, -0.2) is 13.0 Å². The zero-order valence-corrected chi connectivity index (χ0v) is 11.9. The van der Waals surface area contributed by atoms with Crippen LogP contribution in [0.25, 0.3) is 0 Å². The van der Waals surface area contributed by atoms with Gasteiger partial charge in [0.2, 0.25) is 5.91 Å². The van der Waals surface area contributed by atoms with Gasteiger partial charge in [0.15, 0.2) is 0 Å². The number of aryl methyl sites for hydroxylation is 2. The van der Waals surface area contributed by atoms with Crippen molar-refractivity contribution >= 4 is 5.91 Å². The number of hydrogen-bond acceptors (Lipinski definition) is 2. The topological polar surface area (TPSA) is 41.1 Å². The molecule has 1 aliphatic rings. The zero-order valence-electron chi connectivity index (χ0n) is 11.9. The van der Waals surface area contributed by atoms with Crippen molar-refractivity contribution in [3.05, 3.63) is 33.9 Å². The molecule has 0 unspecified atom stereocenters. The third kappa shape index (κ3) is 1.83. The van der Waals surface area contributed by atoms with E-state index in [0.29, 0.717) is 0 Å². The van der Waals surface area contributed by atoms with E-state index in [2.05, 4.69) is 44.6 Å². The Morgan fingerprint density at radius 1 is 1.11 bits per heavy atom. The number of carbonyl (C=O) groups excluding carboxylic acids is 1. The summed E-state index contributed by atoms with van der Waals surface area (Å²) in [4.78, 5) is 12.3. The Kier molecular flexibility index (Phi) is 3.20. The van der Waals surface area contributed by atoms with Gasteiger partial charge >= 0.3 is 0 Å². The molecule has 2 N–H and O–H groups in total. The SMILES string of the molecule is CNNC(=O)C1(c2c(C)c(C)cc(C)c2C)CC1. The summed E-state index contributed by atoms with van der Waals surface area (Å²) in [5.41, 5.74) is 11.5. The highest BCUT2D eigenvalue weighted by Crippen LogP contribution is 2.51. The fourth-order valence-electron chi connectivity index (χ4n) is 2.88. The van der Waals surface area contributed by atoms with Gasteiger partial charge in [-0.25, -0.2) is 5.43 Å². The van der Waals surface area contributed by atoms with E-state index in [1.54, 1.807) is 7.05 Å². The lowest BCUT2D eigenvalue weighted by molar-refractivity contribution is -0.124. The maximum atomic E-state index is 12.3. The van der Waals surface area contributed by atoms with Crippen molar-refractivity contribution in [3.8, 4) is 0 Å². The lowest BCUT2D eigenvalue weighted by Gasteiger charge is -2.23. The summed E-state index contributed by atoms with van der Waals surface area (Å²) in [6, 6.07) is 2.21.